The molecule has 1 saturated heterocycles. The molecule has 1 amide bonds. The molecule has 0 aliphatic carbocycles. The Bertz CT molecular complexity index is 936. The minimum Gasteiger partial charge on any atom is -0.335 e. The van der Waals surface area contributed by atoms with Crippen molar-refractivity contribution in [1.82, 2.24) is 13.8 Å². The lowest BCUT2D eigenvalue weighted by Crippen LogP contribution is -2.50. The van der Waals surface area contributed by atoms with Gasteiger partial charge in [0.2, 0.25) is 10.0 Å². The molecule has 26 heavy (non-hydrogen) atoms. The number of carbonyl (C=O) groups excluding carboxylic acids is 1. The Labute approximate surface area is 160 Å². The van der Waals surface area contributed by atoms with Crippen LogP contribution in [0.4, 0.5) is 4.39 Å². The zero-order valence-corrected chi connectivity index (χ0v) is 16.2. The standard InChI is InChI=1S/C16H16Cl2FN3O3S/c1-20-14(10-13(17)15(20)18)16(23)21-6-8-22(9-7-21)26(24,25)12-4-2-11(19)3-5-12/h2-5,10H,6-9H2,1H3. The summed E-state index contributed by atoms with van der Waals surface area (Å²) in [7, 11) is -2.09. The highest BCUT2D eigenvalue weighted by Gasteiger charge is 2.31. The number of hydrogen-bond acceptors (Lipinski definition) is 3. The van der Waals surface area contributed by atoms with Gasteiger partial charge in [0.15, 0.2) is 0 Å². The fourth-order valence-corrected chi connectivity index (χ4v) is 4.59. The SMILES string of the molecule is Cn1c(C(=O)N2CCN(S(=O)(=O)c3ccc(F)cc3)CC2)cc(Cl)c1Cl. The molecular weight excluding hydrogens is 404 g/mol. The number of amides is 1. The first-order valence-electron chi connectivity index (χ1n) is 7.77. The van der Waals surface area contributed by atoms with Gasteiger partial charge in [0.25, 0.3) is 5.91 Å². The maximum absolute atomic E-state index is 13.0. The minimum absolute atomic E-state index is 0.0275. The summed E-state index contributed by atoms with van der Waals surface area (Å²) >= 11 is 11.9. The van der Waals surface area contributed by atoms with Crippen LogP contribution in [-0.2, 0) is 17.1 Å². The van der Waals surface area contributed by atoms with Gasteiger partial charge in [0.1, 0.15) is 16.7 Å². The monoisotopic (exact) mass is 419 g/mol. The van der Waals surface area contributed by atoms with Gasteiger partial charge >= 0.3 is 0 Å². The highest BCUT2D eigenvalue weighted by Crippen LogP contribution is 2.26. The molecule has 0 N–H and O–H groups in total. The van der Waals surface area contributed by atoms with E-state index in [4.69, 9.17) is 23.2 Å². The Kier molecular flexibility index (Phi) is 5.30. The average molecular weight is 420 g/mol. The molecule has 0 saturated carbocycles. The second kappa shape index (κ2) is 7.19. The molecule has 3 rings (SSSR count). The van der Waals surface area contributed by atoms with Crippen molar-refractivity contribution in [3.8, 4) is 0 Å². The molecule has 0 spiro atoms. The van der Waals surface area contributed by atoms with E-state index in [0.29, 0.717) is 5.69 Å². The molecule has 1 aliphatic rings. The van der Waals surface area contributed by atoms with Crippen LogP contribution >= 0.6 is 23.2 Å². The van der Waals surface area contributed by atoms with Gasteiger partial charge in [-0.25, -0.2) is 12.8 Å². The van der Waals surface area contributed by atoms with Gasteiger partial charge in [-0.3, -0.25) is 4.79 Å². The predicted octanol–water partition coefficient (Wildman–Crippen LogP) is 2.62. The van der Waals surface area contributed by atoms with Crippen molar-refractivity contribution in [2.75, 3.05) is 26.2 Å². The van der Waals surface area contributed by atoms with E-state index >= 15 is 0 Å². The lowest BCUT2D eigenvalue weighted by atomic mass is 10.3. The van der Waals surface area contributed by atoms with Gasteiger partial charge in [0.05, 0.1) is 9.92 Å². The van der Waals surface area contributed by atoms with Crippen molar-refractivity contribution in [3.63, 3.8) is 0 Å². The lowest BCUT2D eigenvalue weighted by Gasteiger charge is -2.34. The van der Waals surface area contributed by atoms with Crippen molar-refractivity contribution in [2.45, 2.75) is 4.90 Å². The molecular formula is C16H16Cl2FN3O3S. The fourth-order valence-electron chi connectivity index (χ4n) is 2.80. The van der Waals surface area contributed by atoms with E-state index < -0.39 is 15.8 Å². The van der Waals surface area contributed by atoms with Gasteiger partial charge in [-0.2, -0.15) is 4.31 Å². The van der Waals surface area contributed by atoms with Gasteiger partial charge < -0.3 is 9.47 Å². The molecule has 140 valence electrons. The highest BCUT2D eigenvalue weighted by molar-refractivity contribution is 7.89. The minimum atomic E-state index is -3.72. The molecule has 0 radical (unpaired) electrons. The van der Waals surface area contributed by atoms with Gasteiger partial charge in [-0.1, -0.05) is 23.2 Å². The number of piperazine rings is 1. The highest BCUT2D eigenvalue weighted by atomic mass is 35.5. The molecule has 2 heterocycles. The average Bonchev–Trinajstić information content (AvgIpc) is 2.89. The Hall–Kier alpha value is -1.61. The first-order valence-corrected chi connectivity index (χ1v) is 9.97. The second-order valence-electron chi connectivity index (χ2n) is 5.88. The van der Waals surface area contributed by atoms with Gasteiger partial charge in [0, 0.05) is 33.2 Å². The van der Waals surface area contributed by atoms with E-state index in [2.05, 4.69) is 0 Å². The number of carbonyl (C=O) groups is 1. The smallest absolute Gasteiger partial charge is 0.270 e. The van der Waals surface area contributed by atoms with E-state index in [1.165, 1.54) is 27.1 Å². The summed E-state index contributed by atoms with van der Waals surface area (Å²) in [5, 5.41) is 0.558. The second-order valence-corrected chi connectivity index (χ2v) is 8.58. The third-order valence-electron chi connectivity index (χ3n) is 4.31. The molecule has 1 aliphatic heterocycles. The number of rotatable bonds is 3. The molecule has 6 nitrogen and oxygen atoms in total. The van der Waals surface area contributed by atoms with Crippen LogP contribution in [0.15, 0.2) is 35.2 Å². The summed E-state index contributed by atoms with van der Waals surface area (Å²) in [6, 6.07) is 6.17. The molecule has 0 atom stereocenters. The Morgan fingerprint density at radius 1 is 1.08 bits per heavy atom. The number of hydrogen-bond donors (Lipinski definition) is 0. The van der Waals surface area contributed by atoms with Crippen LogP contribution in [0.25, 0.3) is 0 Å². The number of benzene rings is 1. The Balaban J connectivity index is 1.71. The van der Waals surface area contributed by atoms with Gasteiger partial charge in [-0.05, 0) is 30.3 Å². The van der Waals surface area contributed by atoms with Crippen LogP contribution in [0.1, 0.15) is 10.5 Å². The molecule has 10 heteroatoms. The maximum atomic E-state index is 13.0. The summed E-state index contributed by atoms with van der Waals surface area (Å²) in [4.78, 5) is 14.2. The molecule has 1 fully saturated rings. The maximum Gasteiger partial charge on any atom is 0.270 e. The van der Waals surface area contributed by atoms with Crippen LogP contribution < -0.4 is 0 Å². The first-order chi connectivity index (χ1) is 12.2. The fraction of sp³-hybridized carbons (Fsp3) is 0.312. The summed E-state index contributed by atoms with van der Waals surface area (Å²) in [5.74, 6) is -0.764. The third kappa shape index (κ3) is 3.46. The van der Waals surface area contributed by atoms with Crippen LogP contribution in [0.3, 0.4) is 0 Å². The van der Waals surface area contributed by atoms with Crippen LogP contribution in [0.2, 0.25) is 10.2 Å². The van der Waals surface area contributed by atoms with E-state index in [-0.39, 0.29) is 47.2 Å². The number of sulfonamides is 1. The Morgan fingerprint density at radius 2 is 1.65 bits per heavy atom. The van der Waals surface area contributed by atoms with Crippen molar-refractivity contribution < 1.29 is 17.6 Å². The number of halogens is 3. The number of aromatic nitrogens is 1. The van der Waals surface area contributed by atoms with E-state index in [9.17, 15) is 17.6 Å². The summed E-state index contributed by atoms with van der Waals surface area (Å²) in [6.45, 7) is 0.772. The third-order valence-corrected chi connectivity index (χ3v) is 7.07. The van der Waals surface area contributed by atoms with Crippen molar-refractivity contribution in [2.24, 2.45) is 7.05 Å². The van der Waals surface area contributed by atoms with E-state index in [1.54, 1.807) is 11.9 Å². The molecule has 0 bridgehead atoms. The predicted molar refractivity (Wildman–Crippen MR) is 96.5 cm³/mol. The lowest BCUT2D eigenvalue weighted by molar-refractivity contribution is 0.0688. The van der Waals surface area contributed by atoms with E-state index in [0.717, 1.165) is 12.1 Å². The summed E-state index contributed by atoms with van der Waals surface area (Å²) in [5.41, 5.74) is 0.342. The Morgan fingerprint density at radius 3 is 2.15 bits per heavy atom. The van der Waals surface area contributed by atoms with Crippen LogP contribution in [0.5, 0.6) is 0 Å². The van der Waals surface area contributed by atoms with Crippen LogP contribution in [-0.4, -0.2) is 54.3 Å². The zero-order valence-electron chi connectivity index (χ0n) is 13.8. The molecule has 1 aromatic heterocycles. The van der Waals surface area contributed by atoms with Crippen LogP contribution in [0, 0.1) is 5.82 Å². The van der Waals surface area contributed by atoms with Gasteiger partial charge in [-0.15, -0.1) is 0 Å². The molecule has 0 unspecified atom stereocenters. The summed E-state index contributed by atoms with van der Waals surface area (Å²) < 4.78 is 41.0. The largest absolute Gasteiger partial charge is 0.335 e. The normalized spacial score (nSPS) is 16.1. The van der Waals surface area contributed by atoms with Crippen molar-refractivity contribution in [3.05, 3.63) is 52.0 Å². The quantitative estimate of drug-likeness (QED) is 0.767. The first kappa shape index (κ1) is 19.2. The molecule has 2 aromatic rings. The summed E-state index contributed by atoms with van der Waals surface area (Å²) in [6.07, 6.45) is 0. The topological polar surface area (TPSA) is 62.6 Å². The van der Waals surface area contributed by atoms with Crippen molar-refractivity contribution >= 4 is 39.1 Å². The van der Waals surface area contributed by atoms with E-state index in [1.807, 2.05) is 0 Å². The zero-order chi connectivity index (χ0) is 19.1. The van der Waals surface area contributed by atoms with Crippen molar-refractivity contribution in [1.29, 1.82) is 0 Å². The number of nitrogens with zero attached hydrogens (tertiary/aromatic N) is 3. The molecule has 1 aromatic carbocycles.